The molecule has 94 valence electrons. The Morgan fingerprint density at radius 1 is 1.11 bits per heavy atom. The lowest BCUT2D eigenvalue weighted by atomic mass is 10.0. The van der Waals surface area contributed by atoms with E-state index in [2.05, 4.69) is 52.7 Å². The van der Waals surface area contributed by atoms with Gasteiger partial charge in [0.15, 0.2) is 0 Å². The molecule has 0 amide bonds. The molecule has 1 aromatic carbocycles. The molecule has 0 saturated carbocycles. The molecule has 0 atom stereocenters. The smallest absolute Gasteiger partial charge is 0.0617 e. The van der Waals surface area contributed by atoms with Crippen molar-refractivity contribution >= 4 is 11.3 Å². The summed E-state index contributed by atoms with van der Waals surface area (Å²) in [6.07, 6.45) is 6.05. The van der Waals surface area contributed by atoms with E-state index in [1.54, 1.807) is 7.05 Å². The molecule has 3 nitrogen and oxygen atoms in total. The summed E-state index contributed by atoms with van der Waals surface area (Å²) in [7, 11) is 1.60. The predicted octanol–water partition coefficient (Wildman–Crippen LogP) is 4.41. The summed E-state index contributed by atoms with van der Waals surface area (Å²) in [6.45, 7) is 6.01. The molecular weight excluding hydrogens is 222 g/mol. The lowest BCUT2D eigenvalue weighted by Gasteiger charge is -2.02. The quantitative estimate of drug-likeness (QED) is 0.324. The van der Waals surface area contributed by atoms with Crippen LogP contribution in [0.1, 0.15) is 25.0 Å². The number of allylic oxidation sites excluding steroid dienone is 4. The summed E-state index contributed by atoms with van der Waals surface area (Å²) >= 11 is 0. The largest absolute Gasteiger partial charge is 0.172 e. The van der Waals surface area contributed by atoms with Crippen molar-refractivity contribution in [2.75, 3.05) is 7.05 Å². The van der Waals surface area contributed by atoms with Crippen LogP contribution in [0.15, 0.2) is 57.9 Å². The SMILES string of the molecule is C\C=C(/C=C\C(C)=N\N=NC)c1ccc(C)cc1. The fourth-order valence-corrected chi connectivity index (χ4v) is 1.46. The van der Waals surface area contributed by atoms with E-state index in [0.29, 0.717) is 0 Å². The van der Waals surface area contributed by atoms with Gasteiger partial charge < -0.3 is 0 Å². The molecule has 1 aromatic rings. The van der Waals surface area contributed by atoms with Gasteiger partial charge in [0.1, 0.15) is 0 Å². The van der Waals surface area contributed by atoms with Gasteiger partial charge in [-0.2, -0.15) is 5.11 Å². The second-order valence-corrected chi connectivity index (χ2v) is 3.97. The van der Waals surface area contributed by atoms with Crippen molar-refractivity contribution in [3.63, 3.8) is 0 Å². The molecule has 0 heterocycles. The average Bonchev–Trinajstić information content (AvgIpc) is 2.39. The molecule has 0 aromatic heterocycles. The Kier molecular flexibility index (Phi) is 5.71. The third-order valence-corrected chi connectivity index (χ3v) is 2.49. The van der Waals surface area contributed by atoms with Crippen molar-refractivity contribution in [3.8, 4) is 0 Å². The van der Waals surface area contributed by atoms with E-state index in [-0.39, 0.29) is 0 Å². The molecule has 0 aliphatic heterocycles. The van der Waals surface area contributed by atoms with Crippen LogP contribution in [0.3, 0.4) is 0 Å². The highest BCUT2D eigenvalue weighted by Crippen LogP contribution is 2.16. The van der Waals surface area contributed by atoms with Crippen molar-refractivity contribution < 1.29 is 0 Å². The zero-order valence-electron chi connectivity index (χ0n) is 11.4. The van der Waals surface area contributed by atoms with Crippen LogP contribution >= 0.6 is 0 Å². The number of hydrogen-bond donors (Lipinski definition) is 0. The van der Waals surface area contributed by atoms with E-state index in [1.807, 2.05) is 26.0 Å². The van der Waals surface area contributed by atoms with Gasteiger partial charge in [-0.3, -0.25) is 0 Å². The van der Waals surface area contributed by atoms with Crippen LogP contribution in [0, 0.1) is 6.92 Å². The molecule has 0 aliphatic carbocycles. The zero-order chi connectivity index (χ0) is 13.4. The lowest BCUT2D eigenvalue weighted by molar-refractivity contribution is 1.02. The lowest BCUT2D eigenvalue weighted by Crippen LogP contribution is -1.85. The minimum Gasteiger partial charge on any atom is -0.172 e. The highest BCUT2D eigenvalue weighted by atomic mass is 15.4. The van der Waals surface area contributed by atoms with Gasteiger partial charge in [-0.1, -0.05) is 42.0 Å². The van der Waals surface area contributed by atoms with Gasteiger partial charge >= 0.3 is 0 Å². The van der Waals surface area contributed by atoms with Crippen LogP contribution in [0.25, 0.3) is 5.57 Å². The zero-order valence-corrected chi connectivity index (χ0v) is 11.4. The van der Waals surface area contributed by atoms with Gasteiger partial charge in [-0.15, -0.1) is 5.10 Å². The molecule has 3 heteroatoms. The molecule has 0 saturated heterocycles. The maximum absolute atomic E-state index is 3.92. The third-order valence-electron chi connectivity index (χ3n) is 2.49. The van der Waals surface area contributed by atoms with E-state index in [0.717, 1.165) is 11.3 Å². The highest BCUT2D eigenvalue weighted by molar-refractivity contribution is 5.95. The first-order chi connectivity index (χ1) is 8.67. The van der Waals surface area contributed by atoms with E-state index in [4.69, 9.17) is 0 Å². The minimum absolute atomic E-state index is 0.826. The van der Waals surface area contributed by atoms with Crippen LogP contribution in [0.5, 0.6) is 0 Å². The van der Waals surface area contributed by atoms with Crippen LogP contribution in [0.4, 0.5) is 0 Å². The molecule has 0 bridgehead atoms. The maximum Gasteiger partial charge on any atom is 0.0617 e. The number of hydrogen-bond acceptors (Lipinski definition) is 2. The maximum atomic E-state index is 3.92. The number of nitrogens with zero attached hydrogens (tertiary/aromatic N) is 3. The fourth-order valence-electron chi connectivity index (χ4n) is 1.46. The topological polar surface area (TPSA) is 37.1 Å². The fraction of sp³-hybridized carbons (Fsp3) is 0.267. The Hall–Kier alpha value is -2.03. The van der Waals surface area contributed by atoms with Crippen molar-refractivity contribution in [2.45, 2.75) is 20.8 Å². The van der Waals surface area contributed by atoms with Gasteiger partial charge in [0.2, 0.25) is 0 Å². The highest BCUT2D eigenvalue weighted by Gasteiger charge is 1.96. The van der Waals surface area contributed by atoms with E-state index < -0.39 is 0 Å². The summed E-state index contributed by atoms with van der Waals surface area (Å²) in [5.41, 5.74) is 4.45. The summed E-state index contributed by atoms with van der Waals surface area (Å²) in [4.78, 5) is 0. The normalized spacial score (nSPS) is 13.8. The average molecular weight is 241 g/mol. The Bertz CT molecular complexity index is 491. The van der Waals surface area contributed by atoms with Gasteiger partial charge in [0, 0.05) is 0 Å². The Morgan fingerprint density at radius 3 is 2.33 bits per heavy atom. The molecule has 0 radical (unpaired) electrons. The second-order valence-electron chi connectivity index (χ2n) is 3.97. The van der Waals surface area contributed by atoms with E-state index >= 15 is 0 Å². The van der Waals surface area contributed by atoms with Gasteiger partial charge in [-0.25, -0.2) is 0 Å². The Labute approximate surface area is 109 Å². The second kappa shape index (κ2) is 7.33. The molecule has 0 unspecified atom stereocenters. The molecule has 18 heavy (non-hydrogen) atoms. The summed E-state index contributed by atoms with van der Waals surface area (Å²) in [6, 6.07) is 8.46. The first-order valence-electron chi connectivity index (χ1n) is 5.92. The minimum atomic E-state index is 0.826. The number of rotatable bonds is 4. The molecule has 0 N–H and O–H groups in total. The predicted molar refractivity (Wildman–Crippen MR) is 77.9 cm³/mol. The standard InChI is InChI=1S/C15H19N3/c1-5-14(11-8-13(3)17-18-16-4)15-9-6-12(2)7-10-15/h5-11H,1-4H3/b11-8-,14-5+,17-13+,18-16?. The number of benzene rings is 1. The van der Waals surface area contributed by atoms with E-state index in [9.17, 15) is 0 Å². The van der Waals surface area contributed by atoms with Crippen LogP contribution in [-0.2, 0) is 0 Å². The van der Waals surface area contributed by atoms with Crippen LogP contribution < -0.4 is 0 Å². The monoisotopic (exact) mass is 241 g/mol. The molecule has 0 spiro atoms. The van der Waals surface area contributed by atoms with Crippen molar-refractivity contribution in [2.24, 2.45) is 15.4 Å². The summed E-state index contributed by atoms with van der Waals surface area (Å²) < 4.78 is 0. The molecule has 0 aliphatic rings. The molecule has 1 rings (SSSR count). The van der Waals surface area contributed by atoms with Crippen molar-refractivity contribution in [3.05, 3.63) is 53.6 Å². The van der Waals surface area contributed by atoms with E-state index in [1.165, 1.54) is 11.1 Å². The Balaban J connectivity index is 2.87. The first-order valence-corrected chi connectivity index (χ1v) is 5.92. The first kappa shape index (κ1) is 14.0. The van der Waals surface area contributed by atoms with Crippen LogP contribution in [0.2, 0.25) is 0 Å². The third kappa shape index (κ3) is 4.45. The van der Waals surface area contributed by atoms with Crippen molar-refractivity contribution in [1.82, 2.24) is 0 Å². The summed E-state index contributed by atoms with van der Waals surface area (Å²) in [5, 5.41) is 11.1. The van der Waals surface area contributed by atoms with Gasteiger partial charge in [0.25, 0.3) is 0 Å². The van der Waals surface area contributed by atoms with Gasteiger partial charge in [-0.05, 0) is 43.2 Å². The number of aryl methyl sites for hydroxylation is 1. The molecule has 0 fully saturated rings. The van der Waals surface area contributed by atoms with Crippen molar-refractivity contribution in [1.29, 1.82) is 0 Å². The van der Waals surface area contributed by atoms with Gasteiger partial charge in [0.05, 0.1) is 12.8 Å². The van der Waals surface area contributed by atoms with Crippen LogP contribution in [-0.4, -0.2) is 12.8 Å². The Morgan fingerprint density at radius 2 is 1.78 bits per heavy atom. The summed E-state index contributed by atoms with van der Waals surface area (Å²) in [5.74, 6) is 0. The molecular formula is C15H19N3.